The van der Waals surface area contributed by atoms with Gasteiger partial charge in [0.05, 0.1) is 10.0 Å². The largest absolute Gasteiger partial charge is 0.447 e. The first-order valence-electron chi connectivity index (χ1n) is 3.98. The fraction of sp³-hybridized carbons (Fsp3) is 0.250. The predicted octanol–water partition coefficient (Wildman–Crippen LogP) is 1.35. The number of hydrogen-bond donors (Lipinski definition) is 3. The number of ether oxygens (including phenoxy) is 2. The summed E-state index contributed by atoms with van der Waals surface area (Å²) in [6, 6.07) is 3.04. The van der Waals surface area contributed by atoms with E-state index in [2.05, 4.69) is 5.43 Å². The average Bonchev–Trinajstić information content (AvgIpc) is 2.17. The molecule has 84 valence electrons. The molecule has 0 fully saturated rings. The Morgan fingerprint density at radius 2 is 1.87 bits per heavy atom. The highest BCUT2D eigenvalue weighted by Crippen LogP contribution is 2.35. The van der Waals surface area contributed by atoms with Crippen LogP contribution in [0.4, 0.5) is 5.69 Å². The topological polar surface area (TPSA) is 82.5 Å². The summed E-state index contributed by atoms with van der Waals surface area (Å²) >= 11 is 11.8. The van der Waals surface area contributed by atoms with Gasteiger partial charge in [-0.1, -0.05) is 23.2 Å². The van der Waals surface area contributed by atoms with E-state index in [1.807, 2.05) is 0 Å². The first-order chi connectivity index (χ1) is 7.08. The molecule has 15 heavy (non-hydrogen) atoms. The standard InChI is InChI=1S/C8H11Cl2N3O2/c1-14-8(13-12)15-7-5(9)2-4(11)3-6(7)10/h2-3,8,13H,11-12H2,1H3. The van der Waals surface area contributed by atoms with Gasteiger partial charge in [0, 0.05) is 12.8 Å². The number of hydrazine groups is 1. The molecule has 5 nitrogen and oxygen atoms in total. The van der Waals surface area contributed by atoms with Crippen LogP contribution in [0.15, 0.2) is 12.1 Å². The zero-order chi connectivity index (χ0) is 11.4. The molecule has 1 unspecified atom stereocenters. The number of nitrogens with two attached hydrogens (primary N) is 2. The summed E-state index contributed by atoms with van der Waals surface area (Å²) < 4.78 is 10.1. The van der Waals surface area contributed by atoms with Crippen molar-refractivity contribution in [3.63, 3.8) is 0 Å². The molecule has 0 aliphatic rings. The summed E-state index contributed by atoms with van der Waals surface area (Å²) in [5.41, 5.74) is 8.26. The lowest BCUT2D eigenvalue weighted by atomic mass is 10.3. The number of methoxy groups -OCH3 is 1. The van der Waals surface area contributed by atoms with E-state index in [1.165, 1.54) is 19.2 Å². The number of benzene rings is 1. The quantitative estimate of drug-likeness (QED) is 0.326. The van der Waals surface area contributed by atoms with Gasteiger partial charge in [-0.25, -0.2) is 0 Å². The van der Waals surface area contributed by atoms with Gasteiger partial charge in [0.15, 0.2) is 5.75 Å². The molecular formula is C8H11Cl2N3O2. The highest BCUT2D eigenvalue weighted by atomic mass is 35.5. The summed E-state index contributed by atoms with van der Waals surface area (Å²) in [6.45, 7) is 0. The third-order valence-corrected chi connectivity index (χ3v) is 2.16. The normalized spacial score (nSPS) is 12.5. The molecule has 1 rings (SSSR count). The second-order valence-electron chi connectivity index (χ2n) is 2.67. The second kappa shape index (κ2) is 5.39. The summed E-state index contributed by atoms with van der Waals surface area (Å²) in [5.74, 6) is 5.41. The molecule has 0 spiro atoms. The Balaban J connectivity index is 2.94. The van der Waals surface area contributed by atoms with E-state index in [1.54, 1.807) is 0 Å². The molecule has 1 atom stereocenters. The van der Waals surface area contributed by atoms with Crippen molar-refractivity contribution in [2.75, 3.05) is 12.8 Å². The minimum absolute atomic E-state index is 0.261. The van der Waals surface area contributed by atoms with Crippen molar-refractivity contribution in [3.05, 3.63) is 22.2 Å². The molecule has 1 aromatic rings. The van der Waals surface area contributed by atoms with Crippen molar-refractivity contribution in [2.24, 2.45) is 5.84 Å². The highest BCUT2D eigenvalue weighted by molar-refractivity contribution is 6.37. The second-order valence-corrected chi connectivity index (χ2v) is 3.48. The minimum atomic E-state index is -0.830. The summed E-state index contributed by atoms with van der Waals surface area (Å²) in [5, 5.41) is 0.578. The molecule has 0 aliphatic heterocycles. The summed E-state index contributed by atoms with van der Waals surface area (Å²) in [6.07, 6.45) is -0.830. The molecule has 0 saturated heterocycles. The van der Waals surface area contributed by atoms with Crippen molar-refractivity contribution >= 4 is 28.9 Å². The third-order valence-electron chi connectivity index (χ3n) is 1.60. The molecule has 0 aromatic heterocycles. The van der Waals surface area contributed by atoms with E-state index in [0.717, 1.165) is 0 Å². The highest BCUT2D eigenvalue weighted by Gasteiger charge is 2.13. The molecule has 1 aromatic carbocycles. The van der Waals surface area contributed by atoms with Crippen LogP contribution in [-0.4, -0.2) is 13.5 Å². The van der Waals surface area contributed by atoms with Crippen molar-refractivity contribution in [1.29, 1.82) is 0 Å². The monoisotopic (exact) mass is 251 g/mol. The maximum atomic E-state index is 5.88. The molecule has 0 bridgehead atoms. The van der Waals surface area contributed by atoms with Gasteiger partial charge in [0.1, 0.15) is 0 Å². The van der Waals surface area contributed by atoms with Crippen LogP contribution in [0, 0.1) is 0 Å². The first kappa shape index (κ1) is 12.4. The molecular weight excluding hydrogens is 241 g/mol. The Bertz CT molecular complexity index is 322. The Hall–Kier alpha value is -0.720. The van der Waals surface area contributed by atoms with Crippen LogP contribution in [-0.2, 0) is 4.74 Å². The maximum absolute atomic E-state index is 5.88. The molecule has 0 saturated carbocycles. The zero-order valence-electron chi connectivity index (χ0n) is 7.96. The van der Waals surface area contributed by atoms with Gasteiger partial charge in [0.25, 0.3) is 6.41 Å². The fourth-order valence-corrected chi connectivity index (χ4v) is 1.54. The van der Waals surface area contributed by atoms with Crippen molar-refractivity contribution < 1.29 is 9.47 Å². The van der Waals surface area contributed by atoms with E-state index in [9.17, 15) is 0 Å². The molecule has 5 N–H and O–H groups in total. The van der Waals surface area contributed by atoms with Crippen molar-refractivity contribution in [3.8, 4) is 5.75 Å². The Morgan fingerprint density at radius 3 is 2.27 bits per heavy atom. The molecule has 0 heterocycles. The van der Waals surface area contributed by atoms with E-state index in [-0.39, 0.29) is 15.8 Å². The van der Waals surface area contributed by atoms with Gasteiger partial charge >= 0.3 is 0 Å². The molecule has 0 amide bonds. The van der Waals surface area contributed by atoms with E-state index in [0.29, 0.717) is 5.69 Å². The average molecular weight is 252 g/mol. The zero-order valence-corrected chi connectivity index (χ0v) is 9.47. The Morgan fingerprint density at radius 1 is 1.33 bits per heavy atom. The number of nitrogen functional groups attached to an aromatic ring is 1. The lowest BCUT2D eigenvalue weighted by Crippen LogP contribution is -2.41. The Kier molecular flexibility index (Phi) is 4.44. The van der Waals surface area contributed by atoms with E-state index < -0.39 is 6.41 Å². The van der Waals surface area contributed by atoms with Gasteiger partial charge in [-0.3, -0.25) is 5.84 Å². The van der Waals surface area contributed by atoms with Gasteiger partial charge in [-0.2, -0.15) is 5.43 Å². The molecule has 0 radical (unpaired) electrons. The van der Waals surface area contributed by atoms with Crippen LogP contribution < -0.4 is 21.7 Å². The number of halogens is 2. The third kappa shape index (κ3) is 3.12. The van der Waals surface area contributed by atoms with Crippen LogP contribution in [0.3, 0.4) is 0 Å². The molecule has 7 heteroatoms. The van der Waals surface area contributed by atoms with Crippen molar-refractivity contribution in [1.82, 2.24) is 5.43 Å². The predicted molar refractivity (Wildman–Crippen MR) is 59.6 cm³/mol. The van der Waals surface area contributed by atoms with E-state index >= 15 is 0 Å². The lowest BCUT2D eigenvalue weighted by molar-refractivity contribution is -0.0767. The fourth-order valence-electron chi connectivity index (χ4n) is 0.949. The lowest BCUT2D eigenvalue weighted by Gasteiger charge is -2.17. The van der Waals surface area contributed by atoms with Crippen LogP contribution in [0.25, 0.3) is 0 Å². The van der Waals surface area contributed by atoms with Crippen molar-refractivity contribution in [2.45, 2.75) is 6.41 Å². The summed E-state index contributed by atoms with van der Waals surface area (Å²) in [4.78, 5) is 0. The smallest absolute Gasteiger partial charge is 0.271 e. The van der Waals surface area contributed by atoms with Gasteiger partial charge < -0.3 is 15.2 Å². The van der Waals surface area contributed by atoms with Crippen LogP contribution in [0.1, 0.15) is 0 Å². The van der Waals surface area contributed by atoms with Crippen LogP contribution in [0.2, 0.25) is 10.0 Å². The first-order valence-corrected chi connectivity index (χ1v) is 4.74. The summed E-state index contributed by atoms with van der Waals surface area (Å²) in [7, 11) is 1.42. The van der Waals surface area contributed by atoms with Gasteiger partial charge in [-0.05, 0) is 12.1 Å². The molecule has 0 aliphatic carbocycles. The van der Waals surface area contributed by atoms with E-state index in [4.69, 9.17) is 44.3 Å². The van der Waals surface area contributed by atoms with Gasteiger partial charge in [0.2, 0.25) is 0 Å². The number of rotatable bonds is 4. The number of hydrogen-bond acceptors (Lipinski definition) is 5. The van der Waals surface area contributed by atoms with Crippen LogP contribution >= 0.6 is 23.2 Å². The maximum Gasteiger partial charge on any atom is 0.271 e. The Labute approximate surface area is 97.2 Å². The minimum Gasteiger partial charge on any atom is -0.447 e. The van der Waals surface area contributed by atoms with Gasteiger partial charge in [-0.15, -0.1) is 0 Å². The number of anilines is 1. The SMILES string of the molecule is COC(NN)Oc1c(Cl)cc(N)cc1Cl. The van der Waals surface area contributed by atoms with Crippen LogP contribution in [0.5, 0.6) is 5.75 Å². The number of nitrogens with one attached hydrogen (secondary N) is 1.